The van der Waals surface area contributed by atoms with Gasteiger partial charge in [-0.25, -0.2) is 4.39 Å². The Hall–Kier alpha value is -1.79. The number of H-pyrrole nitrogens is 1. The molecule has 0 radical (unpaired) electrons. The van der Waals surface area contributed by atoms with Gasteiger partial charge in [0.15, 0.2) is 4.77 Å². The third kappa shape index (κ3) is 2.21. The summed E-state index contributed by atoms with van der Waals surface area (Å²) in [5, 5.41) is 0.520. The first-order valence-electron chi connectivity index (χ1n) is 5.77. The van der Waals surface area contributed by atoms with Crippen LogP contribution in [-0.2, 0) is 0 Å². The maximum absolute atomic E-state index is 13.0. The maximum Gasteiger partial charge on any atom is 0.266 e. The molecule has 0 unspecified atom stereocenters. The van der Waals surface area contributed by atoms with Crippen molar-refractivity contribution in [1.82, 2.24) is 9.55 Å². The van der Waals surface area contributed by atoms with Gasteiger partial charge < -0.3 is 4.98 Å². The smallest absolute Gasteiger partial charge is 0.266 e. The summed E-state index contributed by atoms with van der Waals surface area (Å²) in [4.78, 5) is 15.5. The third-order valence-corrected chi connectivity index (χ3v) is 3.72. The third-order valence-electron chi connectivity index (χ3n) is 2.94. The first kappa shape index (κ1) is 13.2. The summed E-state index contributed by atoms with van der Waals surface area (Å²) in [5.74, 6) is -0.360. The molecule has 1 N–H and O–H groups in total. The van der Waals surface area contributed by atoms with Crippen LogP contribution < -0.4 is 5.56 Å². The van der Waals surface area contributed by atoms with Crippen LogP contribution in [0.4, 0.5) is 4.39 Å². The van der Waals surface area contributed by atoms with Crippen LogP contribution in [0.25, 0.3) is 16.6 Å². The molecule has 0 aliphatic carbocycles. The van der Waals surface area contributed by atoms with Crippen molar-refractivity contribution in [2.75, 3.05) is 0 Å². The van der Waals surface area contributed by atoms with Gasteiger partial charge in [0, 0.05) is 4.47 Å². The van der Waals surface area contributed by atoms with Crippen molar-refractivity contribution < 1.29 is 4.39 Å². The highest BCUT2D eigenvalue weighted by Gasteiger charge is 2.08. The fraction of sp³-hybridized carbons (Fsp3) is 0. The van der Waals surface area contributed by atoms with E-state index >= 15 is 0 Å². The van der Waals surface area contributed by atoms with Crippen LogP contribution in [0, 0.1) is 10.6 Å². The molecule has 3 nitrogen and oxygen atoms in total. The van der Waals surface area contributed by atoms with Crippen LogP contribution in [-0.4, -0.2) is 9.55 Å². The van der Waals surface area contributed by atoms with Gasteiger partial charge in [0.05, 0.1) is 16.6 Å². The lowest BCUT2D eigenvalue weighted by Gasteiger charge is -2.08. The summed E-state index contributed by atoms with van der Waals surface area (Å²) in [6.07, 6.45) is 0. The number of aromatic amines is 1. The summed E-state index contributed by atoms with van der Waals surface area (Å²) in [6.45, 7) is 0. The number of aromatic nitrogens is 2. The molecule has 20 heavy (non-hydrogen) atoms. The Kier molecular flexibility index (Phi) is 3.27. The summed E-state index contributed by atoms with van der Waals surface area (Å²) in [6, 6.07) is 10.9. The molecule has 3 rings (SSSR count). The molecule has 0 aliphatic rings. The van der Waals surface area contributed by atoms with E-state index in [-0.39, 0.29) is 16.1 Å². The molecule has 0 aliphatic heterocycles. The van der Waals surface area contributed by atoms with Gasteiger partial charge >= 0.3 is 0 Å². The number of hydrogen-bond acceptors (Lipinski definition) is 2. The average molecular weight is 351 g/mol. The zero-order chi connectivity index (χ0) is 14.3. The molecule has 100 valence electrons. The van der Waals surface area contributed by atoms with Crippen LogP contribution in [0.1, 0.15) is 0 Å². The van der Waals surface area contributed by atoms with E-state index in [4.69, 9.17) is 12.2 Å². The molecular formula is C14H8BrFN2OS. The Morgan fingerprint density at radius 1 is 1.15 bits per heavy atom. The molecule has 0 bridgehead atoms. The van der Waals surface area contributed by atoms with E-state index in [1.165, 1.54) is 28.8 Å². The number of hydrogen-bond donors (Lipinski definition) is 1. The predicted octanol–water partition coefficient (Wildman–Crippen LogP) is 3.95. The molecule has 0 amide bonds. The molecular weight excluding hydrogens is 343 g/mol. The second-order valence-corrected chi connectivity index (χ2v) is 5.54. The van der Waals surface area contributed by atoms with Crippen LogP contribution in [0.3, 0.4) is 0 Å². The highest BCUT2D eigenvalue weighted by molar-refractivity contribution is 9.10. The van der Waals surface area contributed by atoms with Crippen molar-refractivity contribution in [1.29, 1.82) is 0 Å². The first-order chi connectivity index (χ1) is 9.56. The van der Waals surface area contributed by atoms with Gasteiger partial charge in [0.25, 0.3) is 5.56 Å². The fourth-order valence-electron chi connectivity index (χ4n) is 2.01. The lowest BCUT2D eigenvalue weighted by molar-refractivity contribution is 0.627. The zero-order valence-electron chi connectivity index (χ0n) is 10.1. The number of halogens is 2. The fourth-order valence-corrected chi connectivity index (χ4v) is 2.67. The highest BCUT2D eigenvalue weighted by atomic mass is 79.9. The number of nitrogens with zero attached hydrogens (tertiary/aromatic N) is 1. The summed E-state index contributed by atoms with van der Waals surface area (Å²) in [5.41, 5.74) is 0.957. The molecule has 0 fully saturated rings. The number of fused-ring (bicyclic) bond motifs is 1. The van der Waals surface area contributed by atoms with Gasteiger partial charge in [-0.2, -0.15) is 0 Å². The molecule has 1 aromatic heterocycles. The Morgan fingerprint density at radius 3 is 2.55 bits per heavy atom. The van der Waals surface area contributed by atoms with E-state index in [2.05, 4.69) is 20.9 Å². The number of nitrogens with one attached hydrogen (secondary N) is 1. The topological polar surface area (TPSA) is 37.8 Å². The Labute approximate surface area is 126 Å². The van der Waals surface area contributed by atoms with Gasteiger partial charge in [-0.05, 0) is 54.7 Å². The van der Waals surface area contributed by atoms with Crippen molar-refractivity contribution in [2.45, 2.75) is 0 Å². The molecule has 0 atom stereocenters. The molecule has 0 saturated heterocycles. The Balaban J connectivity index is 2.37. The second-order valence-electron chi connectivity index (χ2n) is 4.24. The minimum absolute atomic E-state index is 0.233. The van der Waals surface area contributed by atoms with Gasteiger partial charge in [-0.3, -0.25) is 9.36 Å². The van der Waals surface area contributed by atoms with Crippen molar-refractivity contribution in [3.8, 4) is 5.69 Å². The quantitative estimate of drug-likeness (QED) is 0.674. The van der Waals surface area contributed by atoms with Gasteiger partial charge in [-0.1, -0.05) is 15.9 Å². The molecule has 3 aromatic rings. The van der Waals surface area contributed by atoms with Gasteiger partial charge in [-0.15, -0.1) is 0 Å². The van der Waals surface area contributed by atoms with Gasteiger partial charge in [0.2, 0.25) is 0 Å². The SMILES string of the molecule is O=c1c2ccc(Br)cc2[nH]c(=S)n1-c1ccc(F)cc1. The minimum Gasteiger partial charge on any atom is -0.331 e. The monoisotopic (exact) mass is 350 g/mol. The van der Waals surface area contributed by atoms with Crippen molar-refractivity contribution in [3.63, 3.8) is 0 Å². The van der Waals surface area contributed by atoms with Crippen molar-refractivity contribution in [3.05, 3.63) is 67.9 Å². The molecule has 6 heteroatoms. The lowest BCUT2D eigenvalue weighted by atomic mass is 10.2. The van der Waals surface area contributed by atoms with E-state index in [0.717, 1.165) is 4.47 Å². The lowest BCUT2D eigenvalue weighted by Crippen LogP contribution is -2.20. The standard InChI is InChI=1S/C14H8BrFN2OS/c15-8-1-6-11-12(7-8)17-14(20)18(13(11)19)10-4-2-9(16)3-5-10/h1-7H,(H,17,20). The average Bonchev–Trinajstić information content (AvgIpc) is 2.40. The van der Waals surface area contributed by atoms with E-state index in [1.807, 2.05) is 0 Å². The summed E-state index contributed by atoms with van der Waals surface area (Å²) >= 11 is 8.57. The second kappa shape index (κ2) is 4.96. The van der Waals surface area contributed by atoms with Gasteiger partial charge in [0.1, 0.15) is 5.82 Å². The van der Waals surface area contributed by atoms with Crippen molar-refractivity contribution in [2.24, 2.45) is 0 Å². The maximum atomic E-state index is 13.0. The summed E-state index contributed by atoms with van der Waals surface area (Å²) < 4.78 is 15.5. The van der Waals surface area contributed by atoms with Crippen LogP contribution in [0.2, 0.25) is 0 Å². The number of rotatable bonds is 1. The number of benzene rings is 2. The molecule has 0 spiro atoms. The Bertz CT molecular complexity index is 915. The molecule has 0 saturated carbocycles. The van der Waals surface area contributed by atoms with Crippen LogP contribution in [0.15, 0.2) is 51.7 Å². The van der Waals surface area contributed by atoms with E-state index in [0.29, 0.717) is 16.6 Å². The van der Waals surface area contributed by atoms with E-state index in [9.17, 15) is 9.18 Å². The predicted molar refractivity (Wildman–Crippen MR) is 82.4 cm³/mol. The minimum atomic E-state index is -0.360. The van der Waals surface area contributed by atoms with Crippen LogP contribution >= 0.6 is 28.1 Å². The first-order valence-corrected chi connectivity index (χ1v) is 6.97. The Morgan fingerprint density at radius 2 is 1.85 bits per heavy atom. The molecule has 2 aromatic carbocycles. The molecule has 1 heterocycles. The van der Waals surface area contributed by atoms with Crippen LogP contribution in [0.5, 0.6) is 0 Å². The normalized spacial score (nSPS) is 10.9. The highest BCUT2D eigenvalue weighted by Crippen LogP contribution is 2.16. The van der Waals surface area contributed by atoms with Crippen molar-refractivity contribution >= 4 is 39.1 Å². The van der Waals surface area contributed by atoms with E-state index < -0.39 is 0 Å². The van der Waals surface area contributed by atoms with E-state index in [1.54, 1.807) is 18.2 Å². The summed E-state index contributed by atoms with van der Waals surface area (Å²) in [7, 11) is 0. The largest absolute Gasteiger partial charge is 0.331 e. The zero-order valence-corrected chi connectivity index (χ0v) is 12.5.